The molecule has 0 bridgehead atoms. The number of nitrogens with one attached hydrogen (secondary N) is 1. The molecule has 0 aliphatic heterocycles. The van der Waals surface area contributed by atoms with Crippen LogP contribution < -0.4 is 11.1 Å². The maximum absolute atomic E-state index is 11.9. The van der Waals surface area contributed by atoms with Crippen LogP contribution in [0.5, 0.6) is 0 Å². The van der Waals surface area contributed by atoms with Crippen molar-refractivity contribution in [1.29, 1.82) is 0 Å². The first-order valence-corrected chi connectivity index (χ1v) is 6.68. The fourth-order valence-electron chi connectivity index (χ4n) is 2.58. The molecule has 0 radical (unpaired) electrons. The van der Waals surface area contributed by atoms with E-state index in [1.54, 1.807) is 0 Å². The van der Waals surface area contributed by atoms with Gasteiger partial charge in [-0.05, 0) is 31.9 Å². The molecule has 18 heavy (non-hydrogen) atoms. The predicted octanol–water partition coefficient (Wildman–Crippen LogP) is 2.26. The molecule has 1 heterocycles. The molecular formula is C14H22N2O2. The lowest BCUT2D eigenvalue weighted by Crippen LogP contribution is -2.45. The number of nitrogens with two attached hydrogens (primary N) is 1. The molecule has 4 nitrogen and oxygen atoms in total. The zero-order chi connectivity index (χ0) is 13.0. The first-order valence-electron chi connectivity index (χ1n) is 6.68. The molecule has 1 aliphatic carbocycles. The molecule has 1 fully saturated rings. The quantitative estimate of drug-likeness (QED) is 0.861. The van der Waals surface area contributed by atoms with Crippen LogP contribution in [0.15, 0.2) is 16.5 Å². The second-order valence-corrected chi connectivity index (χ2v) is 5.39. The summed E-state index contributed by atoms with van der Waals surface area (Å²) in [6.45, 7) is 2.34. The SMILES string of the molecule is Cc1ccc(CNC(=O)CC2(N)CCCCC2)o1. The van der Waals surface area contributed by atoms with Crippen molar-refractivity contribution in [2.45, 2.75) is 57.5 Å². The van der Waals surface area contributed by atoms with Crippen molar-refractivity contribution in [3.63, 3.8) is 0 Å². The molecule has 1 aromatic rings. The molecule has 0 saturated heterocycles. The number of hydrogen-bond donors (Lipinski definition) is 2. The minimum Gasteiger partial charge on any atom is -0.465 e. The van der Waals surface area contributed by atoms with Crippen molar-refractivity contribution in [2.75, 3.05) is 0 Å². The van der Waals surface area contributed by atoms with E-state index in [0.29, 0.717) is 13.0 Å². The van der Waals surface area contributed by atoms with E-state index in [1.807, 2.05) is 19.1 Å². The molecule has 1 aromatic heterocycles. The normalized spacial score (nSPS) is 18.6. The van der Waals surface area contributed by atoms with Gasteiger partial charge in [0.15, 0.2) is 0 Å². The fraction of sp³-hybridized carbons (Fsp3) is 0.643. The monoisotopic (exact) mass is 250 g/mol. The van der Waals surface area contributed by atoms with Crippen LogP contribution in [0.3, 0.4) is 0 Å². The van der Waals surface area contributed by atoms with Gasteiger partial charge in [0.1, 0.15) is 11.5 Å². The first-order chi connectivity index (χ1) is 8.57. The number of aryl methyl sites for hydroxylation is 1. The second kappa shape index (κ2) is 5.57. The number of carbonyl (C=O) groups is 1. The third kappa shape index (κ3) is 3.60. The molecule has 0 atom stereocenters. The maximum atomic E-state index is 11.9. The van der Waals surface area contributed by atoms with Gasteiger partial charge in [-0.3, -0.25) is 4.79 Å². The summed E-state index contributed by atoms with van der Waals surface area (Å²) in [5.74, 6) is 1.67. The van der Waals surface area contributed by atoms with Crippen molar-refractivity contribution in [1.82, 2.24) is 5.32 Å². The van der Waals surface area contributed by atoms with Gasteiger partial charge in [0, 0.05) is 12.0 Å². The van der Waals surface area contributed by atoms with Gasteiger partial charge in [-0.1, -0.05) is 19.3 Å². The topological polar surface area (TPSA) is 68.3 Å². The Morgan fingerprint density at radius 2 is 2.11 bits per heavy atom. The van der Waals surface area contributed by atoms with Crippen LogP contribution in [0.4, 0.5) is 0 Å². The second-order valence-electron chi connectivity index (χ2n) is 5.39. The lowest BCUT2D eigenvalue weighted by Gasteiger charge is -2.32. The molecule has 2 rings (SSSR count). The van der Waals surface area contributed by atoms with E-state index in [2.05, 4.69) is 5.32 Å². The summed E-state index contributed by atoms with van der Waals surface area (Å²) < 4.78 is 5.40. The van der Waals surface area contributed by atoms with Gasteiger partial charge in [0.25, 0.3) is 0 Å². The van der Waals surface area contributed by atoms with Crippen LogP contribution in [-0.4, -0.2) is 11.4 Å². The third-order valence-corrected chi connectivity index (χ3v) is 3.62. The van der Waals surface area contributed by atoms with Crippen LogP contribution in [0.1, 0.15) is 50.0 Å². The van der Waals surface area contributed by atoms with Gasteiger partial charge in [0.05, 0.1) is 6.54 Å². The summed E-state index contributed by atoms with van der Waals surface area (Å²) >= 11 is 0. The summed E-state index contributed by atoms with van der Waals surface area (Å²) in [7, 11) is 0. The Morgan fingerprint density at radius 1 is 1.39 bits per heavy atom. The molecule has 1 aliphatic rings. The molecule has 1 saturated carbocycles. The van der Waals surface area contributed by atoms with E-state index in [1.165, 1.54) is 6.42 Å². The van der Waals surface area contributed by atoms with Gasteiger partial charge >= 0.3 is 0 Å². The molecule has 3 N–H and O–H groups in total. The number of furan rings is 1. The van der Waals surface area contributed by atoms with E-state index in [-0.39, 0.29) is 11.4 Å². The van der Waals surface area contributed by atoms with E-state index in [9.17, 15) is 4.79 Å². The first kappa shape index (κ1) is 13.1. The van der Waals surface area contributed by atoms with E-state index >= 15 is 0 Å². The highest BCUT2D eigenvalue weighted by atomic mass is 16.3. The zero-order valence-electron chi connectivity index (χ0n) is 11.0. The molecule has 1 amide bonds. The smallest absolute Gasteiger partial charge is 0.222 e. The fourth-order valence-corrected chi connectivity index (χ4v) is 2.58. The minimum atomic E-state index is -0.290. The highest BCUT2D eigenvalue weighted by Crippen LogP contribution is 2.28. The summed E-state index contributed by atoms with van der Waals surface area (Å²) in [4.78, 5) is 11.9. The Kier molecular flexibility index (Phi) is 4.07. The van der Waals surface area contributed by atoms with Crippen LogP contribution in [0, 0.1) is 6.92 Å². The number of carbonyl (C=O) groups excluding carboxylic acids is 1. The Hall–Kier alpha value is -1.29. The summed E-state index contributed by atoms with van der Waals surface area (Å²) in [5.41, 5.74) is 5.96. The van der Waals surface area contributed by atoms with Crippen molar-refractivity contribution in [2.24, 2.45) is 5.73 Å². The van der Waals surface area contributed by atoms with Crippen molar-refractivity contribution >= 4 is 5.91 Å². The van der Waals surface area contributed by atoms with Crippen LogP contribution in [0.25, 0.3) is 0 Å². The highest BCUT2D eigenvalue weighted by Gasteiger charge is 2.29. The zero-order valence-corrected chi connectivity index (χ0v) is 11.0. The van der Waals surface area contributed by atoms with Crippen molar-refractivity contribution in [3.8, 4) is 0 Å². The molecular weight excluding hydrogens is 228 g/mol. The molecule has 0 spiro atoms. The highest BCUT2D eigenvalue weighted by molar-refractivity contribution is 5.77. The lowest BCUT2D eigenvalue weighted by molar-refractivity contribution is -0.122. The van der Waals surface area contributed by atoms with E-state index < -0.39 is 0 Å². The van der Waals surface area contributed by atoms with E-state index in [0.717, 1.165) is 37.2 Å². The van der Waals surface area contributed by atoms with Gasteiger partial charge in [-0.2, -0.15) is 0 Å². The van der Waals surface area contributed by atoms with Crippen LogP contribution in [0.2, 0.25) is 0 Å². The Labute approximate surface area is 108 Å². The molecule has 0 aromatic carbocycles. The number of hydrogen-bond acceptors (Lipinski definition) is 3. The average molecular weight is 250 g/mol. The number of rotatable bonds is 4. The largest absolute Gasteiger partial charge is 0.465 e. The maximum Gasteiger partial charge on any atom is 0.222 e. The standard InChI is InChI=1S/C14H22N2O2/c1-11-5-6-12(18-11)10-16-13(17)9-14(15)7-3-2-4-8-14/h5-6H,2-4,7-10,15H2,1H3,(H,16,17). The average Bonchev–Trinajstić information content (AvgIpc) is 2.73. The van der Waals surface area contributed by atoms with Gasteiger partial charge in [-0.25, -0.2) is 0 Å². The Morgan fingerprint density at radius 3 is 2.72 bits per heavy atom. The summed E-state index contributed by atoms with van der Waals surface area (Å²) in [6, 6.07) is 3.78. The molecule has 4 heteroatoms. The molecule has 0 unspecified atom stereocenters. The van der Waals surface area contributed by atoms with Crippen LogP contribution in [-0.2, 0) is 11.3 Å². The predicted molar refractivity (Wildman–Crippen MR) is 69.9 cm³/mol. The van der Waals surface area contributed by atoms with Gasteiger partial charge in [-0.15, -0.1) is 0 Å². The lowest BCUT2D eigenvalue weighted by atomic mass is 9.80. The van der Waals surface area contributed by atoms with E-state index in [4.69, 9.17) is 10.2 Å². The van der Waals surface area contributed by atoms with Crippen LogP contribution >= 0.6 is 0 Å². The van der Waals surface area contributed by atoms with Crippen molar-refractivity contribution in [3.05, 3.63) is 23.7 Å². The third-order valence-electron chi connectivity index (χ3n) is 3.62. The Bertz CT molecular complexity index is 406. The summed E-state index contributed by atoms with van der Waals surface area (Å²) in [5, 5.41) is 2.87. The summed E-state index contributed by atoms with van der Waals surface area (Å²) in [6.07, 6.45) is 5.86. The van der Waals surface area contributed by atoms with Crippen molar-refractivity contribution < 1.29 is 9.21 Å². The molecule has 100 valence electrons. The number of amides is 1. The Balaban J connectivity index is 1.78. The van der Waals surface area contributed by atoms with Gasteiger partial charge in [0.2, 0.25) is 5.91 Å². The van der Waals surface area contributed by atoms with Gasteiger partial charge < -0.3 is 15.5 Å². The minimum absolute atomic E-state index is 0.0217.